The van der Waals surface area contributed by atoms with Crippen LogP contribution in [-0.2, 0) is 4.79 Å². The molecule has 0 bridgehead atoms. The van der Waals surface area contributed by atoms with Crippen molar-refractivity contribution < 1.29 is 14.3 Å². The molecule has 0 aliphatic carbocycles. The standard InChI is InChI=1S/C22H19N7O3/c1-4-9-32-17-6-5-14(10-18(17)31-3)15-11-21(30)24-22-16(15)12-23-29(22)20-8-7-19-26-25-13(2)28(19)27-20/h1,5-8,10,12,15H,9,11H2,2-3H3,(H,24,30). The highest BCUT2D eigenvalue weighted by molar-refractivity contribution is 5.94. The number of aryl methyl sites for hydroxylation is 1. The number of nitrogens with one attached hydrogen (secondary N) is 1. The van der Waals surface area contributed by atoms with Crippen molar-refractivity contribution in [3.05, 3.63) is 53.5 Å². The number of nitrogens with zero attached hydrogens (tertiary/aromatic N) is 6. The molecule has 160 valence electrons. The highest BCUT2D eigenvalue weighted by Gasteiger charge is 2.31. The molecule has 32 heavy (non-hydrogen) atoms. The summed E-state index contributed by atoms with van der Waals surface area (Å²) in [6, 6.07) is 9.16. The summed E-state index contributed by atoms with van der Waals surface area (Å²) in [5.74, 6) is 4.99. The monoisotopic (exact) mass is 429 g/mol. The molecule has 1 aliphatic rings. The lowest BCUT2D eigenvalue weighted by molar-refractivity contribution is -0.116. The van der Waals surface area contributed by atoms with E-state index in [0.717, 1.165) is 11.1 Å². The Morgan fingerprint density at radius 2 is 2.12 bits per heavy atom. The number of hydrogen-bond acceptors (Lipinski definition) is 7. The van der Waals surface area contributed by atoms with Crippen LogP contribution in [0.5, 0.6) is 11.5 Å². The van der Waals surface area contributed by atoms with Crippen molar-refractivity contribution in [3.8, 4) is 29.7 Å². The van der Waals surface area contributed by atoms with E-state index in [2.05, 4.69) is 31.6 Å². The first-order chi connectivity index (χ1) is 15.6. The Bertz CT molecular complexity index is 1380. The maximum Gasteiger partial charge on any atom is 0.226 e. The van der Waals surface area contributed by atoms with Crippen molar-refractivity contribution in [1.29, 1.82) is 0 Å². The molecule has 1 aliphatic heterocycles. The highest BCUT2D eigenvalue weighted by atomic mass is 16.5. The zero-order valence-corrected chi connectivity index (χ0v) is 17.4. The van der Waals surface area contributed by atoms with Crippen LogP contribution in [0.4, 0.5) is 5.82 Å². The molecule has 1 amide bonds. The summed E-state index contributed by atoms with van der Waals surface area (Å²) >= 11 is 0. The van der Waals surface area contributed by atoms with E-state index in [1.165, 1.54) is 0 Å². The van der Waals surface area contributed by atoms with E-state index in [0.29, 0.717) is 34.6 Å². The number of terminal acetylenes is 1. The molecule has 3 aromatic heterocycles. The van der Waals surface area contributed by atoms with Gasteiger partial charge in [0.2, 0.25) is 5.91 Å². The number of amides is 1. The van der Waals surface area contributed by atoms with Crippen molar-refractivity contribution in [1.82, 2.24) is 29.6 Å². The molecule has 1 N–H and O–H groups in total. The minimum absolute atomic E-state index is 0.113. The molecule has 1 atom stereocenters. The third-order valence-corrected chi connectivity index (χ3v) is 5.34. The SMILES string of the molecule is C#CCOc1ccc(C2CC(=O)Nc3c2cnn3-c2ccc3nnc(C)n3n2)cc1OC. The largest absolute Gasteiger partial charge is 0.493 e. The Kier molecular flexibility index (Phi) is 4.71. The molecule has 0 saturated heterocycles. The molecule has 0 fully saturated rings. The van der Waals surface area contributed by atoms with Crippen molar-refractivity contribution >= 4 is 17.4 Å². The predicted molar refractivity (Wildman–Crippen MR) is 115 cm³/mol. The zero-order valence-electron chi connectivity index (χ0n) is 17.4. The number of carbonyl (C=O) groups is 1. The molecule has 1 aromatic carbocycles. The first-order valence-electron chi connectivity index (χ1n) is 9.90. The Labute approximate surface area is 183 Å². The van der Waals surface area contributed by atoms with Crippen molar-refractivity contribution in [2.24, 2.45) is 0 Å². The lowest BCUT2D eigenvalue weighted by atomic mass is 9.87. The summed E-state index contributed by atoms with van der Waals surface area (Å²) < 4.78 is 14.2. The fourth-order valence-electron chi connectivity index (χ4n) is 3.83. The number of ether oxygens (including phenoxy) is 2. The average molecular weight is 429 g/mol. The molecule has 5 rings (SSSR count). The minimum Gasteiger partial charge on any atom is -0.493 e. The van der Waals surface area contributed by atoms with Crippen molar-refractivity contribution in [2.75, 3.05) is 19.0 Å². The van der Waals surface area contributed by atoms with Gasteiger partial charge in [0.25, 0.3) is 0 Å². The molecule has 0 spiro atoms. The maximum atomic E-state index is 12.6. The van der Waals surface area contributed by atoms with E-state index in [1.807, 2.05) is 19.1 Å². The third kappa shape index (κ3) is 3.20. The van der Waals surface area contributed by atoms with Gasteiger partial charge in [-0.1, -0.05) is 12.0 Å². The van der Waals surface area contributed by atoms with Crippen molar-refractivity contribution in [2.45, 2.75) is 19.3 Å². The molecule has 0 saturated carbocycles. The summed E-state index contributed by atoms with van der Waals surface area (Å²) in [5, 5.41) is 20.1. The quantitative estimate of drug-likeness (QED) is 0.484. The Morgan fingerprint density at radius 3 is 2.94 bits per heavy atom. The second kappa shape index (κ2) is 7.70. The Hall–Kier alpha value is -4.39. The number of hydrogen-bond donors (Lipinski definition) is 1. The first kappa shape index (κ1) is 19.6. The van der Waals surface area contributed by atoms with E-state index >= 15 is 0 Å². The lowest BCUT2D eigenvalue weighted by Gasteiger charge is -2.24. The van der Waals surface area contributed by atoms with Crippen LogP contribution in [0.15, 0.2) is 36.5 Å². The Balaban J connectivity index is 1.56. The number of methoxy groups -OCH3 is 1. The van der Waals surface area contributed by atoms with Crippen LogP contribution in [0, 0.1) is 19.3 Å². The molecule has 4 heterocycles. The number of aromatic nitrogens is 6. The van der Waals surface area contributed by atoms with E-state index in [9.17, 15) is 4.79 Å². The molecular formula is C22H19N7O3. The van der Waals surface area contributed by atoms with E-state index in [4.69, 9.17) is 15.9 Å². The highest BCUT2D eigenvalue weighted by Crippen LogP contribution is 2.40. The molecule has 0 radical (unpaired) electrons. The lowest BCUT2D eigenvalue weighted by Crippen LogP contribution is -2.25. The van der Waals surface area contributed by atoms with Gasteiger partial charge in [-0.3, -0.25) is 4.79 Å². The summed E-state index contributed by atoms with van der Waals surface area (Å²) in [7, 11) is 1.56. The normalized spacial score (nSPS) is 15.2. The van der Waals surface area contributed by atoms with Crippen LogP contribution in [0.2, 0.25) is 0 Å². The summed E-state index contributed by atoms with van der Waals surface area (Å²) in [6.07, 6.45) is 7.31. The van der Waals surface area contributed by atoms with Gasteiger partial charge in [0, 0.05) is 17.9 Å². The number of anilines is 1. The zero-order chi connectivity index (χ0) is 22.2. The van der Waals surface area contributed by atoms with Gasteiger partial charge in [-0.25, -0.2) is 0 Å². The number of benzene rings is 1. The summed E-state index contributed by atoms with van der Waals surface area (Å²) in [5.41, 5.74) is 2.42. The van der Waals surface area contributed by atoms with Gasteiger partial charge < -0.3 is 14.8 Å². The van der Waals surface area contributed by atoms with E-state index in [1.54, 1.807) is 40.7 Å². The number of carbonyl (C=O) groups excluding carboxylic acids is 1. The fourth-order valence-corrected chi connectivity index (χ4v) is 3.83. The molecular weight excluding hydrogens is 410 g/mol. The van der Waals surface area contributed by atoms with Crippen LogP contribution in [-0.4, -0.2) is 49.2 Å². The minimum atomic E-state index is -0.205. The van der Waals surface area contributed by atoms with Gasteiger partial charge in [0.05, 0.1) is 13.3 Å². The van der Waals surface area contributed by atoms with Gasteiger partial charge in [-0.2, -0.15) is 14.3 Å². The van der Waals surface area contributed by atoms with E-state index in [-0.39, 0.29) is 24.9 Å². The predicted octanol–water partition coefficient (Wildman–Crippen LogP) is 2.11. The van der Waals surface area contributed by atoms with Gasteiger partial charge >= 0.3 is 0 Å². The summed E-state index contributed by atoms with van der Waals surface area (Å²) in [4.78, 5) is 12.6. The summed E-state index contributed by atoms with van der Waals surface area (Å²) in [6.45, 7) is 1.96. The van der Waals surface area contributed by atoms with Gasteiger partial charge in [-0.05, 0) is 36.8 Å². The van der Waals surface area contributed by atoms with Crippen LogP contribution in [0.1, 0.15) is 29.3 Å². The van der Waals surface area contributed by atoms with Gasteiger partial charge in [0.15, 0.2) is 28.8 Å². The van der Waals surface area contributed by atoms with E-state index < -0.39 is 0 Å². The molecule has 10 heteroatoms. The molecule has 1 unspecified atom stereocenters. The van der Waals surface area contributed by atoms with Crippen molar-refractivity contribution in [3.63, 3.8) is 0 Å². The van der Waals surface area contributed by atoms with Crippen LogP contribution < -0.4 is 14.8 Å². The smallest absolute Gasteiger partial charge is 0.226 e. The van der Waals surface area contributed by atoms with Crippen LogP contribution >= 0.6 is 0 Å². The first-order valence-corrected chi connectivity index (χ1v) is 9.90. The third-order valence-electron chi connectivity index (χ3n) is 5.34. The van der Waals surface area contributed by atoms with Crippen LogP contribution in [0.3, 0.4) is 0 Å². The maximum absolute atomic E-state index is 12.6. The van der Waals surface area contributed by atoms with Gasteiger partial charge in [0.1, 0.15) is 12.4 Å². The number of rotatable bonds is 5. The second-order valence-electron chi connectivity index (χ2n) is 7.28. The molecule has 4 aromatic rings. The van der Waals surface area contributed by atoms with Crippen LogP contribution in [0.25, 0.3) is 11.5 Å². The molecule has 10 nitrogen and oxygen atoms in total. The second-order valence-corrected chi connectivity index (χ2v) is 7.28. The fraction of sp³-hybridized carbons (Fsp3) is 0.227. The Morgan fingerprint density at radius 1 is 1.25 bits per heavy atom. The topological polar surface area (TPSA) is 108 Å². The van der Waals surface area contributed by atoms with Gasteiger partial charge in [-0.15, -0.1) is 21.7 Å². The number of fused-ring (bicyclic) bond motifs is 2. The average Bonchev–Trinajstić information content (AvgIpc) is 3.40.